The standard InChI is InChI=1S/C9H12O/c1-3-5-6-7-8-9(10)4-2/h2-3,5-6,9-10H,1,7-8H2/b6-5+/t9-/m1/s1. The molecule has 0 bridgehead atoms. The van der Waals surface area contributed by atoms with E-state index < -0.39 is 6.10 Å². The van der Waals surface area contributed by atoms with Gasteiger partial charge in [-0.1, -0.05) is 30.7 Å². The summed E-state index contributed by atoms with van der Waals surface area (Å²) >= 11 is 0. The highest BCUT2D eigenvalue weighted by molar-refractivity contribution is 4.99. The normalized spacial score (nSPS) is 12.8. The van der Waals surface area contributed by atoms with E-state index in [9.17, 15) is 0 Å². The van der Waals surface area contributed by atoms with E-state index in [-0.39, 0.29) is 0 Å². The van der Waals surface area contributed by atoms with E-state index in [0.29, 0.717) is 6.42 Å². The van der Waals surface area contributed by atoms with Crippen molar-refractivity contribution in [1.29, 1.82) is 0 Å². The van der Waals surface area contributed by atoms with Gasteiger partial charge in [0.05, 0.1) is 0 Å². The molecule has 1 atom stereocenters. The summed E-state index contributed by atoms with van der Waals surface area (Å²) in [5, 5.41) is 8.86. The van der Waals surface area contributed by atoms with Gasteiger partial charge in [0.2, 0.25) is 0 Å². The quantitative estimate of drug-likeness (QED) is 0.458. The van der Waals surface area contributed by atoms with Gasteiger partial charge in [-0.3, -0.25) is 0 Å². The highest BCUT2D eigenvalue weighted by atomic mass is 16.3. The minimum atomic E-state index is -0.602. The molecule has 0 unspecified atom stereocenters. The van der Waals surface area contributed by atoms with Crippen LogP contribution in [-0.4, -0.2) is 11.2 Å². The first-order valence-electron chi connectivity index (χ1n) is 3.23. The summed E-state index contributed by atoms with van der Waals surface area (Å²) in [6.45, 7) is 3.51. The Kier molecular flexibility index (Phi) is 5.51. The third kappa shape index (κ3) is 5.14. The molecule has 0 saturated carbocycles. The van der Waals surface area contributed by atoms with Crippen LogP contribution in [0, 0.1) is 12.3 Å². The van der Waals surface area contributed by atoms with Crippen LogP contribution in [0.1, 0.15) is 12.8 Å². The third-order valence-corrected chi connectivity index (χ3v) is 1.07. The van der Waals surface area contributed by atoms with Crippen LogP contribution in [0.25, 0.3) is 0 Å². The first-order valence-corrected chi connectivity index (χ1v) is 3.23. The molecule has 1 heteroatoms. The van der Waals surface area contributed by atoms with E-state index in [1.807, 2.05) is 12.2 Å². The van der Waals surface area contributed by atoms with Gasteiger partial charge >= 0.3 is 0 Å². The third-order valence-electron chi connectivity index (χ3n) is 1.07. The Labute approximate surface area is 62.1 Å². The summed E-state index contributed by atoms with van der Waals surface area (Å²) in [4.78, 5) is 0. The van der Waals surface area contributed by atoms with Crippen molar-refractivity contribution in [2.45, 2.75) is 18.9 Å². The van der Waals surface area contributed by atoms with Crippen molar-refractivity contribution in [3.8, 4) is 12.3 Å². The van der Waals surface area contributed by atoms with Crippen molar-refractivity contribution in [2.75, 3.05) is 0 Å². The molecule has 0 spiro atoms. The van der Waals surface area contributed by atoms with Gasteiger partial charge in [0.25, 0.3) is 0 Å². The minimum Gasteiger partial charge on any atom is -0.380 e. The predicted molar refractivity (Wildman–Crippen MR) is 43.4 cm³/mol. The number of allylic oxidation sites excluding steroid dienone is 3. The van der Waals surface area contributed by atoms with Gasteiger partial charge in [0, 0.05) is 0 Å². The molecule has 54 valence electrons. The maximum Gasteiger partial charge on any atom is 0.114 e. The molecule has 0 aliphatic rings. The first kappa shape index (κ1) is 9.00. The fourth-order valence-corrected chi connectivity index (χ4v) is 0.530. The zero-order chi connectivity index (χ0) is 7.82. The van der Waals surface area contributed by atoms with Crippen LogP contribution in [0.3, 0.4) is 0 Å². The maximum atomic E-state index is 8.86. The summed E-state index contributed by atoms with van der Waals surface area (Å²) in [5.74, 6) is 2.24. The molecule has 1 nitrogen and oxygen atoms in total. The van der Waals surface area contributed by atoms with E-state index in [1.54, 1.807) is 6.08 Å². The lowest BCUT2D eigenvalue weighted by molar-refractivity contribution is 0.223. The number of hydrogen-bond donors (Lipinski definition) is 1. The topological polar surface area (TPSA) is 20.2 Å². The van der Waals surface area contributed by atoms with Gasteiger partial charge in [-0.2, -0.15) is 0 Å². The van der Waals surface area contributed by atoms with Crippen LogP contribution >= 0.6 is 0 Å². The maximum absolute atomic E-state index is 8.86. The molecule has 0 heterocycles. The minimum absolute atomic E-state index is 0.602. The Morgan fingerprint density at radius 2 is 2.40 bits per heavy atom. The van der Waals surface area contributed by atoms with Crippen molar-refractivity contribution in [3.05, 3.63) is 24.8 Å². The molecular weight excluding hydrogens is 124 g/mol. The second-order valence-corrected chi connectivity index (χ2v) is 1.92. The highest BCUT2D eigenvalue weighted by Gasteiger charge is 1.93. The summed E-state index contributed by atoms with van der Waals surface area (Å²) in [6.07, 6.45) is 11.2. The molecule has 0 aromatic carbocycles. The molecule has 0 radical (unpaired) electrons. The molecule has 10 heavy (non-hydrogen) atoms. The van der Waals surface area contributed by atoms with Gasteiger partial charge < -0.3 is 5.11 Å². The molecule has 0 aromatic rings. The fraction of sp³-hybridized carbons (Fsp3) is 0.333. The summed E-state index contributed by atoms with van der Waals surface area (Å²) < 4.78 is 0. The second kappa shape index (κ2) is 6.12. The first-order chi connectivity index (χ1) is 4.81. The van der Waals surface area contributed by atoms with E-state index in [2.05, 4.69) is 12.5 Å². The number of aliphatic hydroxyl groups excluding tert-OH is 1. The SMILES string of the molecule is C#C[C@@H](O)CC/C=C/C=C. The summed E-state index contributed by atoms with van der Waals surface area (Å²) in [6, 6.07) is 0. The van der Waals surface area contributed by atoms with Crippen LogP contribution in [-0.2, 0) is 0 Å². The van der Waals surface area contributed by atoms with E-state index in [0.717, 1.165) is 6.42 Å². The molecule has 0 amide bonds. The van der Waals surface area contributed by atoms with Gasteiger partial charge in [-0.15, -0.1) is 6.42 Å². The predicted octanol–water partition coefficient (Wildman–Crippen LogP) is 1.50. The van der Waals surface area contributed by atoms with E-state index >= 15 is 0 Å². The Bertz CT molecular complexity index is 151. The van der Waals surface area contributed by atoms with E-state index in [1.165, 1.54) is 0 Å². The van der Waals surface area contributed by atoms with Crippen LogP contribution < -0.4 is 0 Å². The summed E-state index contributed by atoms with van der Waals surface area (Å²) in [7, 11) is 0. The van der Waals surface area contributed by atoms with Crippen molar-refractivity contribution in [2.24, 2.45) is 0 Å². The van der Waals surface area contributed by atoms with Crippen LogP contribution in [0.5, 0.6) is 0 Å². The largest absolute Gasteiger partial charge is 0.380 e. The Morgan fingerprint density at radius 3 is 2.90 bits per heavy atom. The average Bonchev–Trinajstić information content (AvgIpc) is 1.98. The monoisotopic (exact) mass is 136 g/mol. The second-order valence-electron chi connectivity index (χ2n) is 1.92. The van der Waals surface area contributed by atoms with Crippen LogP contribution in [0.4, 0.5) is 0 Å². The molecule has 0 aliphatic carbocycles. The summed E-state index contributed by atoms with van der Waals surface area (Å²) in [5.41, 5.74) is 0. The average molecular weight is 136 g/mol. The Balaban J connectivity index is 3.29. The molecule has 0 fully saturated rings. The molecule has 0 rings (SSSR count). The van der Waals surface area contributed by atoms with Crippen LogP contribution in [0.2, 0.25) is 0 Å². The number of rotatable bonds is 4. The van der Waals surface area contributed by atoms with Crippen molar-refractivity contribution >= 4 is 0 Å². The van der Waals surface area contributed by atoms with Gasteiger partial charge in [-0.25, -0.2) is 0 Å². The van der Waals surface area contributed by atoms with Crippen molar-refractivity contribution in [3.63, 3.8) is 0 Å². The lowest BCUT2D eigenvalue weighted by Gasteiger charge is -1.96. The van der Waals surface area contributed by atoms with Gasteiger partial charge in [0.15, 0.2) is 0 Å². The molecule has 1 N–H and O–H groups in total. The van der Waals surface area contributed by atoms with Gasteiger partial charge in [0.1, 0.15) is 6.10 Å². The molecular formula is C9H12O. The van der Waals surface area contributed by atoms with Crippen molar-refractivity contribution in [1.82, 2.24) is 0 Å². The number of terminal acetylenes is 1. The van der Waals surface area contributed by atoms with E-state index in [4.69, 9.17) is 11.5 Å². The fourth-order valence-electron chi connectivity index (χ4n) is 0.530. The van der Waals surface area contributed by atoms with Crippen LogP contribution in [0.15, 0.2) is 24.8 Å². The molecule has 0 aromatic heterocycles. The highest BCUT2D eigenvalue weighted by Crippen LogP contribution is 1.96. The Hall–Kier alpha value is -1.00. The molecule has 0 aliphatic heterocycles. The molecule has 0 saturated heterocycles. The van der Waals surface area contributed by atoms with Gasteiger partial charge in [-0.05, 0) is 12.8 Å². The zero-order valence-corrected chi connectivity index (χ0v) is 5.96. The lowest BCUT2D eigenvalue weighted by atomic mass is 10.2. The van der Waals surface area contributed by atoms with Crippen molar-refractivity contribution < 1.29 is 5.11 Å². The zero-order valence-electron chi connectivity index (χ0n) is 5.96. The Morgan fingerprint density at radius 1 is 1.70 bits per heavy atom. The smallest absolute Gasteiger partial charge is 0.114 e. The number of aliphatic hydroxyl groups is 1. The lowest BCUT2D eigenvalue weighted by Crippen LogP contribution is -2.00. The number of hydrogen-bond acceptors (Lipinski definition) is 1.